The molecule has 1 atom stereocenters. The molecule has 0 amide bonds. The van der Waals surface area contributed by atoms with Crippen molar-refractivity contribution < 1.29 is 5.11 Å². The number of aliphatic hydroxyl groups excluding tert-OH is 1. The van der Waals surface area contributed by atoms with Crippen LogP contribution in [-0.4, -0.2) is 29.3 Å². The lowest BCUT2D eigenvalue weighted by Crippen LogP contribution is -2.37. The zero-order valence-corrected chi connectivity index (χ0v) is 9.89. The van der Waals surface area contributed by atoms with E-state index in [1.807, 2.05) is 19.2 Å². The Hall–Kier alpha value is -1.09. The van der Waals surface area contributed by atoms with Crippen molar-refractivity contribution >= 4 is 5.69 Å². The van der Waals surface area contributed by atoms with Crippen LogP contribution in [0.2, 0.25) is 0 Å². The van der Waals surface area contributed by atoms with E-state index < -0.39 is 0 Å². The maximum Gasteiger partial charge on any atom is 0.0635 e. The normalized spacial score (nSPS) is 21.9. The summed E-state index contributed by atoms with van der Waals surface area (Å²) in [7, 11) is 0. The molecular formula is C13H20N2O. The van der Waals surface area contributed by atoms with Gasteiger partial charge >= 0.3 is 0 Å². The molecule has 1 aliphatic rings. The van der Waals surface area contributed by atoms with Crippen molar-refractivity contribution in [3.63, 3.8) is 0 Å². The number of aliphatic hydroxyl groups is 1. The van der Waals surface area contributed by atoms with Gasteiger partial charge in [-0.25, -0.2) is 0 Å². The van der Waals surface area contributed by atoms with Gasteiger partial charge in [0.2, 0.25) is 0 Å². The molecule has 1 fully saturated rings. The first-order valence-corrected chi connectivity index (χ1v) is 6.11. The molecule has 3 nitrogen and oxygen atoms in total. The van der Waals surface area contributed by atoms with Gasteiger partial charge in [0.05, 0.1) is 12.6 Å². The Morgan fingerprint density at radius 3 is 3.06 bits per heavy atom. The summed E-state index contributed by atoms with van der Waals surface area (Å²) in [6, 6.07) is 4.43. The van der Waals surface area contributed by atoms with E-state index >= 15 is 0 Å². The Bertz CT molecular complexity index is 340. The molecular weight excluding hydrogens is 200 g/mol. The number of aryl methyl sites for hydroxylation is 1. The third-order valence-corrected chi connectivity index (χ3v) is 3.30. The number of anilines is 1. The van der Waals surface area contributed by atoms with E-state index in [9.17, 15) is 5.11 Å². The molecule has 0 aromatic carbocycles. The molecule has 2 rings (SSSR count). The first kappa shape index (κ1) is 11.4. The van der Waals surface area contributed by atoms with Crippen LogP contribution in [0.1, 0.15) is 31.4 Å². The number of pyridine rings is 1. The monoisotopic (exact) mass is 220 g/mol. The summed E-state index contributed by atoms with van der Waals surface area (Å²) < 4.78 is 0. The van der Waals surface area contributed by atoms with Crippen LogP contribution in [0.4, 0.5) is 5.69 Å². The molecule has 1 unspecified atom stereocenters. The predicted molar refractivity (Wildman–Crippen MR) is 65.7 cm³/mol. The molecule has 0 radical (unpaired) electrons. The van der Waals surface area contributed by atoms with Gasteiger partial charge in [-0.05, 0) is 31.9 Å². The van der Waals surface area contributed by atoms with Crippen LogP contribution in [0.15, 0.2) is 18.3 Å². The Morgan fingerprint density at radius 1 is 1.44 bits per heavy atom. The van der Waals surface area contributed by atoms with Crippen molar-refractivity contribution in [1.82, 2.24) is 4.98 Å². The van der Waals surface area contributed by atoms with E-state index in [1.165, 1.54) is 24.9 Å². The van der Waals surface area contributed by atoms with Crippen molar-refractivity contribution in [3.8, 4) is 0 Å². The fourth-order valence-corrected chi connectivity index (χ4v) is 2.42. The van der Waals surface area contributed by atoms with E-state index in [-0.39, 0.29) is 12.6 Å². The second-order valence-corrected chi connectivity index (χ2v) is 4.53. The summed E-state index contributed by atoms with van der Waals surface area (Å²) in [5.41, 5.74) is 2.24. The average molecular weight is 220 g/mol. The molecule has 1 aromatic rings. The maximum atomic E-state index is 9.46. The lowest BCUT2D eigenvalue weighted by molar-refractivity contribution is 0.255. The molecule has 2 heterocycles. The van der Waals surface area contributed by atoms with Gasteiger partial charge in [0.25, 0.3) is 0 Å². The third kappa shape index (κ3) is 2.53. The van der Waals surface area contributed by atoms with E-state index in [0.717, 1.165) is 18.7 Å². The Kier molecular flexibility index (Phi) is 3.78. The molecule has 88 valence electrons. The van der Waals surface area contributed by atoms with Crippen LogP contribution >= 0.6 is 0 Å². The van der Waals surface area contributed by atoms with Crippen molar-refractivity contribution in [2.24, 2.45) is 0 Å². The summed E-state index contributed by atoms with van der Waals surface area (Å²) >= 11 is 0. The molecule has 1 saturated heterocycles. The smallest absolute Gasteiger partial charge is 0.0635 e. The van der Waals surface area contributed by atoms with Gasteiger partial charge in [0, 0.05) is 24.1 Å². The van der Waals surface area contributed by atoms with Gasteiger partial charge in [-0.2, -0.15) is 0 Å². The summed E-state index contributed by atoms with van der Waals surface area (Å²) in [5.74, 6) is 0. The molecule has 1 aromatic heterocycles. The first-order chi connectivity index (χ1) is 7.81. The molecule has 1 aliphatic heterocycles. The van der Waals surface area contributed by atoms with Gasteiger partial charge in [-0.15, -0.1) is 0 Å². The summed E-state index contributed by atoms with van der Waals surface area (Å²) in [5, 5.41) is 9.46. The van der Waals surface area contributed by atoms with Crippen molar-refractivity contribution in [1.29, 1.82) is 0 Å². The zero-order chi connectivity index (χ0) is 11.4. The van der Waals surface area contributed by atoms with Crippen LogP contribution < -0.4 is 4.90 Å². The second-order valence-electron chi connectivity index (χ2n) is 4.53. The Balaban J connectivity index is 2.21. The molecule has 3 heteroatoms. The number of rotatable bonds is 2. The third-order valence-electron chi connectivity index (χ3n) is 3.30. The fraction of sp³-hybridized carbons (Fsp3) is 0.615. The van der Waals surface area contributed by atoms with Gasteiger partial charge in [-0.1, -0.05) is 12.8 Å². The predicted octanol–water partition coefficient (Wildman–Crippen LogP) is 2.13. The van der Waals surface area contributed by atoms with Gasteiger partial charge in [-0.3, -0.25) is 4.98 Å². The quantitative estimate of drug-likeness (QED) is 0.829. The number of hydrogen-bond acceptors (Lipinski definition) is 3. The minimum atomic E-state index is 0.251. The zero-order valence-electron chi connectivity index (χ0n) is 9.89. The molecule has 0 spiro atoms. The molecule has 1 N–H and O–H groups in total. The first-order valence-electron chi connectivity index (χ1n) is 6.11. The number of hydrogen-bond donors (Lipinski definition) is 1. The molecule has 16 heavy (non-hydrogen) atoms. The minimum Gasteiger partial charge on any atom is -0.394 e. The fourth-order valence-electron chi connectivity index (χ4n) is 2.42. The molecule has 0 saturated carbocycles. The van der Waals surface area contributed by atoms with Crippen molar-refractivity contribution in [2.75, 3.05) is 18.1 Å². The van der Waals surface area contributed by atoms with Gasteiger partial charge in [0.1, 0.15) is 0 Å². The lowest BCUT2D eigenvalue weighted by atomic mass is 10.1. The second kappa shape index (κ2) is 5.30. The number of nitrogens with zero attached hydrogens (tertiary/aromatic N) is 2. The van der Waals surface area contributed by atoms with E-state index in [1.54, 1.807) is 0 Å². The highest BCUT2D eigenvalue weighted by Gasteiger charge is 2.20. The van der Waals surface area contributed by atoms with Crippen LogP contribution in [0.5, 0.6) is 0 Å². The van der Waals surface area contributed by atoms with Crippen LogP contribution in [0, 0.1) is 6.92 Å². The highest BCUT2D eigenvalue weighted by Crippen LogP contribution is 2.23. The van der Waals surface area contributed by atoms with Crippen LogP contribution in [-0.2, 0) is 0 Å². The topological polar surface area (TPSA) is 36.4 Å². The molecule has 0 aliphatic carbocycles. The standard InChI is InChI=1S/C13H20N2O/c1-11-9-12(6-7-14-11)15-8-4-2-3-5-13(15)10-16/h6-7,9,13,16H,2-5,8,10H2,1H3. The van der Waals surface area contributed by atoms with Gasteiger partial charge in [0.15, 0.2) is 0 Å². The SMILES string of the molecule is Cc1cc(N2CCCCCC2CO)ccn1. The van der Waals surface area contributed by atoms with E-state index in [0.29, 0.717) is 0 Å². The van der Waals surface area contributed by atoms with Crippen LogP contribution in [0.3, 0.4) is 0 Å². The average Bonchev–Trinajstić information content (AvgIpc) is 2.53. The highest BCUT2D eigenvalue weighted by atomic mass is 16.3. The molecule has 0 bridgehead atoms. The van der Waals surface area contributed by atoms with Crippen molar-refractivity contribution in [3.05, 3.63) is 24.0 Å². The lowest BCUT2D eigenvalue weighted by Gasteiger charge is -2.30. The largest absolute Gasteiger partial charge is 0.394 e. The number of aromatic nitrogens is 1. The Morgan fingerprint density at radius 2 is 2.31 bits per heavy atom. The minimum absolute atomic E-state index is 0.251. The Labute approximate surface area is 97.1 Å². The van der Waals surface area contributed by atoms with E-state index in [4.69, 9.17) is 0 Å². The highest BCUT2D eigenvalue weighted by molar-refractivity contribution is 5.47. The summed E-state index contributed by atoms with van der Waals surface area (Å²) in [6.07, 6.45) is 6.67. The maximum absolute atomic E-state index is 9.46. The summed E-state index contributed by atoms with van der Waals surface area (Å²) in [4.78, 5) is 6.55. The van der Waals surface area contributed by atoms with Crippen molar-refractivity contribution in [2.45, 2.75) is 38.6 Å². The van der Waals surface area contributed by atoms with Gasteiger partial charge < -0.3 is 10.0 Å². The summed E-state index contributed by atoms with van der Waals surface area (Å²) in [6.45, 7) is 3.31. The van der Waals surface area contributed by atoms with Crippen LogP contribution in [0.25, 0.3) is 0 Å². The van der Waals surface area contributed by atoms with E-state index in [2.05, 4.69) is 16.0 Å².